The number of rotatable bonds is 4. The predicted molar refractivity (Wildman–Crippen MR) is 84.4 cm³/mol. The highest BCUT2D eigenvalue weighted by molar-refractivity contribution is 7.80. The minimum atomic E-state index is -0.397. The molecule has 3 N–H and O–H groups in total. The van der Waals surface area contributed by atoms with Crippen LogP contribution in [-0.4, -0.2) is 35.9 Å². The monoisotopic (exact) mass is 309 g/mol. The largest absolute Gasteiger partial charge is 0.389 e. The van der Waals surface area contributed by atoms with Crippen LogP contribution in [0.15, 0.2) is 18.2 Å². The van der Waals surface area contributed by atoms with E-state index in [0.717, 1.165) is 18.5 Å². The Bertz CT molecular complexity index is 578. The van der Waals surface area contributed by atoms with Crippen LogP contribution in [-0.2, 0) is 11.3 Å². The van der Waals surface area contributed by atoms with E-state index in [1.807, 2.05) is 6.92 Å². The van der Waals surface area contributed by atoms with E-state index in [-0.39, 0.29) is 16.7 Å². The molecule has 0 aromatic heterocycles. The summed E-state index contributed by atoms with van der Waals surface area (Å²) in [5.41, 5.74) is 6.75. The van der Waals surface area contributed by atoms with Crippen LogP contribution in [0.25, 0.3) is 0 Å². The molecule has 1 aliphatic heterocycles. The molecule has 1 aromatic carbocycles. The fourth-order valence-electron chi connectivity index (χ4n) is 2.85. The number of likely N-dealkylation sites (tertiary alicyclic amines) is 1. The third kappa shape index (κ3) is 3.39. The molecule has 1 atom stereocenters. The van der Waals surface area contributed by atoms with Crippen LogP contribution in [0, 0.1) is 11.2 Å². The van der Waals surface area contributed by atoms with Gasteiger partial charge in [-0.3, -0.25) is 9.69 Å². The summed E-state index contributed by atoms with van der Waals surface area (Å²) >= 11 is 5.01. The van der Waals surface area contributed by atoms with E-state index < -0.39 is 5.41 Å². The Balaban J connectivity index is 2.15. The molecule has 0 saturated carbocycles. The Morgan fingerprint density at radius 2 is 2.29 bits per heavy atom. The lowest BCUT2D eigenvalue weighted by Gasteiger charge is -2.23. The highest BCUT2D eigenvalue weighted by atomic mass is 32.1. The maximum Gasteiger partial charge on any atom is 0.227 e. The number of benzene rings is 1. The van der Waals surface area contributed by atoms with Crippen molar-refractivity contribution >= 4 is 23.1 Å². The van der Waals surface area contributed by atoms with Crippen molar-refractivity contribution in [2.24, 2.45) is 11.1 Å². The summed E-state index contributed by atoms with van der Waals surface area (Å²) in [6.45, 7) is 3.92. The highest BCUT2D eigenvalue weighted by Crippen LogP contribution is 2.31. The molecule has 6 heteroatoms. The number of carbonyl (C=O) groups is 1. The first-order valence-corrected chi connectivity index (χ1v) is 7.29. The molecule has 0 radical (unpaired) electrons. The van der Waals surface area contributed by atoms with Crippen LogP contribution >= 0.6 is 12.2 Å². The summed E-state index contributed by atoms with van der Waals surface area (Å²) in [6.07, 6.45) is 0.782. The van der Waals surface area contributed by atoms with E-state index in [1.165, 1.54) is 12.1 Å². The predicted octanol–water partition coefficient (Wildman–Crippen LogP) is 1.42. The molecule has 0 aliphatic carbocycles. The number of hydrogen-bond donors (Lipinski definition) is 2. The first-order valence-electron chi connectivity index (χ1n) is 6.88. The summed E-state index contributed by atoms with van der Waals surface area (Å²) in [5.74, 6) is -0.267. The summed E-state index contributed by atoms with van der Waals surface area (Å²) in [4.78, 5) is 14.3. The van der Waals surface area contributed by atoms with Crippen molar-refractivity contribution in [1.82, 2.24) is 10.2 Å². The number of nitrogens with two attached hydrogens (primary N) is 1. The van der Waals surface area contributed by atoms with Crippen molar-refractivity contribution in [3.63, 3.8) is 0 Å². The van der Waals surface area contributed by atoms with Crippen LogP contribution in [0.5, 0.6) is 0 Å². The van der Waals surface area contributed by atoms with Crippen LogP contribution in [0.2, 0.25) is 0 Å². The SMILES string of the molecule is CNC(=O)C1(C)CCN(Cc2cc(F)ccc2C(N)=S)C1. The maximum absolute atomic E-state index is 13.5. The smallest absolute Gasteiger partial charge is 0.227 e. The van der Waals surface area contributed by atoms with Gasteiger partial charge in [0.15, 0.2) is 0 Å². The van der Waals surface area contributed by atoms with Gasteiger partial charge in [-0.15, -0.1) is 0 Å². The molecule has 1 unspecified atom stereocenters. The molecule has 1 amide bonds. The average molecular weight is 309 g/mol. The topological polar surface area (TPSA) is 58.4 Å². The molecule has 0 spiro atoms. The molecule has 1 saturated heterocycles. The van der Waals surface area contributed by atoms with E-state index in [1.54, 1.807) is 13.1 Å². The van der Waals surface area contributed by atoms with Crippen molar-refractivity contribution in [2.45, 2.75) is 19.9 Å². The van der Waals surface area contributed by atoms with Gasteiger partial charge in [0.05, 0.1) is 5.41 Å². The van der Waals surface area contributed by atoms with Crippen LogP contribution < -0.4 is 11.1 Å². The third-order valence-electron chi connectivity index (χ3n) is 4.05. The lowest BCUT2D eigenvalue weighted by Crippen LogP contribution is -2.39. The highest BCUT2D eigenvalue weighted by Gasteiger charge is 2.39. The number of carbonyl (C=O) groups excluding carboxylic acids is 1. The van der Waals surface area contributed by atoms with E-state index in [9.17, 15) is 9.18 Å². The molecule has 4 nitrogen and oxygen atoms in total. The van der Waals surface area contributed by atoms with Gasteiger partial charge in [0, 0.05) is 25.7 Å². The number of hydrogen-bond acceptors (Lipinski definition) is 3. The molecular weight excluding hydrogens is 289 g/mol. The Morgan fingerprint density at radius 1 is 1.57 bits per heavy atom. The minimum Gasteiger partial charge on any atom is -0.389 e. The molecule has 2 rings (SSSR count). The van der Waals surface area contributed by atoms with Crippen molar-refractivity contribution in [3.8, 4) is 0 Å². The summed E-state index contributed by atoms with van der Waals surface area (Å²) in [5, 5.41) is 2.70. The number of amides is 1. The van der Waals surface area contributed by atoms with Gasteiger partial charge in [-0.05, 0) is 43.7 Å². The van der Waals surface area contributed by atoms with Gasteiger partial charge >= 0.3 is 0 Å². The zero-order chi connectivity index (χ0) is 15.6. The molecule has 21 heavy (non-hydrogen) atoms. The second-order valence-corrected chi connectivity index (χ2v) is 6.21. The number of thiocarbonyl (C=S) groups is 1. The Hall–Kier alpha value is -1.53. The molecule has 114 valence electrons. The normalized spacial score (nSPS) is 22.2. The number of halogens is 1. The van der Waals surface area contributed by atoms with Crippen molar-refractivity contribution in [1.29, 1.82) is 0 Å². The van der Waals surface area contributed by atoms with Gasteiger partial charge in [0.2, 0.25) is 5.91 Å². The van der Waals surface area contributed by atoms with Gasteiger partial charge in [0.1, 0.15) is 10.8 Å². The Labute approximate surface area is 129 Å². The minimum absolute atomic E-state index is 0.0406. The lowest BCUT2D eigenvalue weighted by atomic mass is 9.89. The number of nitrogens with zero attached hydrogens (tertiary/aromatic N) is 1. The third-order valence-corrected chi connectivity index (χ3v) is 4.27. The van der Waals surface area contributed by atoms with E-state index in [0.29, 0.717) is 18.7 Å². The molecule has 1 aromatic rings. The summed E-state index contributed by atoms with van der Waals surface area (Å²) < 4.78 is 13.5. The fraction of sp³-hybridized carbons (Fsp3) is 0.467. The van der Waals surface area contributed by atoms with E-state index >= 15 is 0 Å². The Morgan fingerprint density at radius 3 is 2.90 bits per heavy atom. The van der Waals surface area contributed by atoms with Crippen LogP contribution in [0.3, 0.4) is 0 Å². The van der Waals surface area contributed by atoms with Gasteiger partial charge < -0.3 is 11.1 Å². The summed E-state index contributed by atoms with van der Waals surface area (Å²) in [6, 6.07) is 4.43. The van der Waals surface area contributed by atoms with Gasteiger partial charge in [-0.2, -0.15) is 0 Å². The number of nitrogens with one attached hydrogen (secondary N) is 1. The second kappa shape index (κ2) is 6.07. The Kier molecular flexibility index (Phi) is 4.58. The zero-order valence-corrected chi connectivity index (χ0v) is 13.1. The molecular formula is C15H20FN3OS. The fourth-order valence-corrected chi connectivity index (χ4v) is 3.05. The van der Waals surface area contributed by atoms with Crippen LogP contribution in [0.1, 0.15) is 24.5 Å². The van der Waals surface area contributed by atoms with Crippen molar-refractivity contribution in [3.05, 3.63) is 35.1 Å². The van der Waals surface area contributed by atoms with E-state index in [2.05, 4.69) is 10.2 Å². The average Bonchev–Trinajstić information content (AvgIpc) is 2.80. The standard InChI is InChI=1S/C15H20FN3OS/c1-15(14(20)18-2)5-6-19(9-15)8-10-7-11(16)3-4-12(10)13(17)21/h3-4,7H,5-6,8-9H2,1-2H3,(H2,17,21)(H,18,20). The first kappa shape index (κ1) is 15.9. The summed E-state index contributed by atoms with van der Waals surface area (Å²) in [7, 11) is 1.65. The van der Waals surface area contributed by atoms with Crippen LogP contribution in [0.4, 0.5) is 4.39 Å². The molecule has 1 fully saturated rings. The first-order chi connectivity index (χ1) is 9.85. The van der Waals surface area contributed by atoms with Gasteiger partial charge in [-0.1, -0.05) is 12.2 Å². The van der Waals surface area contributed by atoms with Crippen molar-refractivity contribution in [2.75, 3.05) is 20.1 Å². The molecule has 1 heterocycles. The van der Waals surface area contributed by atoms with Gasteiger partial charge in [-0.25, -0.2) is 4.39 Å². The second-order valence-electron chi connectivity index (χ2n) is 5.77. The maximum atomic E-state index is 13.5. The van der Waals surface area contributed by atoms with Gasteiger partial charge in [0.25, 0.3) is 0 Å². The lowest BCUT2D eigenvalue weighted by molar-refractivity contribution is -0.129. The molecule has 1 aliphatic rings. The quantitative estimate of drug-likeness (QED) is 0.826. The van der Waals surface area contributed by atoms with Crippen molar-refractivity contribution < 1.29 is 9.18 Å². The molecule has 0 bridgehead atoms. The van der Waals surface area contributed by atoms with E-state index in [4.69, 9.17) is 18.0 Å². The zero-order valence-electron chi connectivity index (χ0n) is 12.3.